The predicted molar refractivity (Wildman–Crippen MR) is 100 cm³/mol. The van der Waals surface area contributed by atoms with Crippen LogP contribution in [0.4, 0.5) is 0 Å². The van der Waals surface area contributed by atoms with Crippen molar-refractivity contribution in [3.8, 4) is 29.3 Å². The number of nitrogens with zero attached hydrogens (tertiary/aromatic N) is 5. The summed E-state index contributed by atoms with van der Waals surface area (Å²) in [6.45, 7) is 2.63. The Morgan fingerprint density at radius 1 is 1.36 bits per heavy atom. The standard InChI is InChI=1S/C20H16N6O2/c1-12(27)26-6-5-14(11-26)28-20-17(8-22)25-18(10-24-20)16-9-23-19-13(7-21)3-2-4-15(16)19/h2-4,9-10,14,23H,5-6,11H2,1H3. The van der Waals surface area contributed by atoms with Gasteiger partial charge in [-0.1, -0.05) is 12.1 Å². The van der Waals surface area contributed by atoms with Gasteiger partial charge in [0.05, 0.1) is 29.5 Å². The highest BCUT2D eigenvalue weighted by molar-refractivity contribution is 5.97. The largest absolute Gasteiger partial charge is 0.470 e. The van der Waals surface area contributed by atoms with Crippen LogP contribution in [0.5, 0.6) is 5.88 Å². The highest BCUT2D eigenvalue weighted by Crippen LogP contribution is 2.30. The minimum absolute atomic E-state index is 0.00381. The molecular weight excluding hydrogens is 356 g/mol. The van der Waals surface area contributed by atoms with Crippen LogP contribution < -0.4 is 4.74 Å². The lowest BCUT2D eigenvalue weighted by molar-refractivity contribution is -0.128. The zero-order valence-corrected chi connectivity index (χ0v) is 15.1. The molecule has 1 aromatic carbocycles. The minimum atomic E-state index is -0.206. The lowest BCUT2D eigenvalue weighted by atomic mass is 10.1. The van der Waals surface area contributed by atoms with E-state index < -0.39 is 0 Å². The van der Waals surface area contributed by atoms with Gasteiger partial charge in [0.25, 0.3) is 5.88 Å². The Labute approximate surface area is 161 Å². The molecule has 138 valence electrons. The number of benzene rings is 1. The minimum Gasteiger partial charge on any atom is -0.470 e. The number of fused-ring (bicyclic) bond motifs is 1. The van der Waals surface area contributed by atoms with E-state index in [0.717, 1.165) is 16.5 Å². The number of ether oxygens (including phenoxy) is 1. The fourth-order valence-electron chi connectivity index (χ4n) is 3.39. The van der Waals surface area contributed by atoms with E-state index in [2.05, 4.69) is 21.0 Å². The van der Waals surface area contributed by atoms with Gasteiger partial charge >= 0.3 is 0 Å². The smallest absolute Gasteiger partial charge is 0.251 e. The molecule has 8 nitrogen and oxygen atoms in total. The quantitative estimate of drug-likeness (QED) is 0.754. The average Bonchev–Trinajstić information content (AvgIpc) is 3.35. The summed E-state index contributed by atoms with van der Waals surface area (Å²) in [7, 11) is 0. The Morgan fingerprint density at radius 3 is 2.93 bits per heavy atom. The van der Waals surface area contributed by atoms with Crippen molar-refractivity contribution in [3.05, 3.63) is 41.9 Å². The van der Waals surface area contributed by atoms with E-state index in [0.29, 0.717) is 30.8 Å². The van der Waals surface area contributed by atoms with Crippen LogP contribution in [0.1, 0.15) is 24.6 Å². The predicted octanol–water partition coefficient (Wildman–Crippen LogP) is 2.37. The van der Waals surface area contributed by atoms with Crippen LogP contribution in [0.2, 0.25) is 0 Å². The molecule has 3 heterocycles. The maximum atomic E-state index is 11.5. The first-order valence-corrected chi connectivity index (χ1v) is 8.80. The number of nitriles is 2. The fourth-order valence-corrected chi connectivity index (χ4v) is 3.39. The van der Waals surface area contributed by atoms with Gasteiger partial charge in [-0.25, -0.2) is 9.97 Å². The fraction of sp³-hybridized carbons (Fsp3) is 0.250. The number of nitrogens with one attached hydrogen (secondary N) is 1. The van der Waals surface area contributed by atoms with Crippen LogP contribution in [0.25, 0.3) is 22.2 Å². The second-order valence-corrected chi connectivity index (χ2v) is 6.56. The number of amides is 1. The van der Waals surface area contributed by atoms with Gasteiger partial charge in [0.15, 0.2) is 0 Å². The van der Waals surface area contributed by atoms with E-state index in [1.807, 2.05) is 12.1 Å². The van der Waals surface area contributed by atoms with Crippen molar-refractivity contribution in [2.75, 3.05) is 13.1 Å². The van der Waals surface area contributed by atoms with Crippen molar-refractivity contribution in [3.63, 3.8) is 0 Å². The number of aromatic nitrogens is 3. The molecular formula is C20H16N6O2. The number of carbonyl (C=O) groups is 1. The summed E-state index contributed by atoms with van der Waals surface area (Å²) in [5.41, 5.74) is 2.61. The third kappa shape index (κ3) is 3.01. The summed E-state index contributed by atoms with van der Waals surface area (Å²) in [5.74, 6) is 0.170. The molecule has 28 heavy (non-hydrogen) atoms. The average molecular weight is 372 g/mol. The second-order valence-electron chi connectivity index (χ2n) is 6.56. The number of likely N-dealkylation sites (tertiary alicyclic amines) is 1. The first-order chi connectivity index (χ1) is 13.6. The van der Waals surface area contributed by atoms with E-state index in [4.69, 9.17) is 4.74 Å². The Hall–Kier alpha value is -3.91. The van der Waals surface area contributed by atoms with Crippen molar-refractivity contribution in [1.29, 1.82) is 10.5 Å². The van der Waals surface area contributed by atoms with Crippen LogP contribution in [-0.2, 0) is 4.79 Å². The molecule has 0 saturated carbocycles. The van der Waals surface area contributed by atoms with Crippen molar-refractivity contribution < 1.29 is 9.53 Å². The second kappa shape index (κ2) is 7.01. The van der Waals surface area contributed by atoms with Crippen LogP contribution in [-0.4, -0.2) is 45.0 Å². The molecule has 1 saturated heterocycles. The van der Waals surface area contributed by atoms with Gasteiger partial charge in [-0.05, 0) is 6.07 Å². The lowest BCUT2D eigenvalue weighted by Gasteiger charge is -2.15. The molecule has 4 rings (SSSR count). The van der Waals surface area contributed by atoms with Gasteiger partial charge in [-0.2, -0.15) is 10.5 Å². The molecule has 1 N–H and O–H groups in total. The maximum Gasteiger partial charge on any atom is 0.251 e. The Bertz CT molecular complexity index is 1150. The molecule has 8 heteroatoms. The summed E-state index contributed by atoms with van der Waals surface area (Å²) in [5, 5.41) is 19.6. The molecule has 3 aromatic rings. The van der Waals surface area contributed by atoms with Crippen molar-refractivity contribution in [2.24, 2.45) is 0 Å². The lowest BCUT2D eigenvalue weighted by Crippen LogP contribution is -2.29. The van der Waals surface area contributed by atoms with E-state index in [-0.39, 0.29) is 23.6 Å². The van der Waals surface area contributed by atoms with Crippen molar-refractivity contribution in [2.45, 2.75) is 19.4 Å². The van der Waals surface area contributed by atoms with E-state index in [1.165, 1.54) is 6.92 Å². The molecule has 1 unspecified atom stereocenters. The van der Waals surface area contributed by atoms with Gasteiger partial charge in [0, 0.05) is 37.0 Å². The molecule has 1 atom stereocenters. The maximum absolute atomic E-state index is 11.5. The number of carbonyl (C=O) groups excluding carboxylic acids is 1. The number of H-pyrrole nitrogens is 1. The SMILES string of the molecule is CC(=O)N1CCC(Oc2ncc(-c3c[nH]c4c(C#N)cccc34)nc2C#N)C1. The van der Waals surface area contributed by atoms with Gasteiger partial charge < -0.3 is 14.6 Å². The molecule has 0 radical (unpaired) electrons. The summed E-state index contributed by atoms with van der Waals surface area (Å²) in [4.78, 5) is 25.0. The van der Waals surface area contributed by atoms with E-state index in [1.54, 1.807) is 29.4 Å². The third-order valence-corrected chi connectivity index (χ3v) is 4.83. The van der Waals surface area contributed by atoms with Gasteiger partial charge in [0.1, 0.15) is 18.2 Å². The molecule has 0 aliphatic carbocycles. The highest BCUT2D eigenvalue weighted by Gasteiger charge is 2.27. The third-order valence-electron chi connectivity index (χ3n) is 4.83. The van der Waals surface area contributed by atoms with Crippen LogP contribution in [0.3, 0.4) is 0 Å². The van der Waals surface area contributed by atoms with Crippen LogP contribution in [0.15, 0.2) is 30.6 Å². The van der Waals surface area contributed by atoms with Gasteiger partial charge in [-0.15, -0.1) is 0 Å². The van der Waals surface area contributed by atoms with Crippen molar-refractivity contribution in [1.82, 2.24) is 19.9 Å². The van der Waals surface area contributed by atoms with Crippen molar-refractivity contribution >= 4 is 16.8 Å². The molecule has 0 spiro atoms. The normalized spacial score (nSPS) is 16.0. The molecule has 1 aliphatic rings. The van der Waals surface area contributed by atoms with Gasteiger partial charge in [0.2, 0.25) is 11.6 Å². The highest BCUT2D eigenvalue weighted by atomic mass is 16.5. The number of para-hydroxylation sites is 1. The Balaban J connectivity index is 1.64. The van der Waals surface area contributed by atoms with Crippen LogP contribution in [0, 0.1) is 22.7 Å². The summed E-state index contributed by atoms with van der Waals surface area (Å²) >= 11 is 0. The zero-order chi connectivity index (χ0) is 19.7. The zero-order valence-electron chi connectivity index (χ0n) is 15.1. The molecule has 1 aliphatic heterocycles. The molecule has 2 aromatic heterocycles. The van der Waals surface area contributed by atoms with Crippen LogP contribution >= 0.6 is 0 Å². The molecule has 0 bridgehead atoms. The summed E-state index contributed by atoms with van der Waals surface area (Å²) in [6.07, 6.45) is 3.78. The summed E-state index contributed by atoms with van der Waals surface area (Å²) in [6, 6.07) is 9.60. The monoisotopic (exact) mass is 372 g/mol. The van der Waals surface area contributed by atoms with E-state index >= 15 is 0 Å². The van der Waals surface area contributed by atoms with E-state index in [9.17, 15) is 15.3 Å². The first-order valence-electron chi connectivity index (χ1n) is 8.80. The topological polar surface area (TPSA) is 119 Å². The first kappa shape index (κ1) is 17.5. The Morgan fingerprint density at radius 2 is 2.21 bits per heavy atom. The summed E-state index contributed by atoms with van der Waals surface area (Å²) < 4.78 is 5.83. The number of hydrogen-bond donors (Lipinski definition) is 1. The Kier molecular flexibility index (Phi) is 4.38. The number of rotatable bonds is 3. The molecule has 1 amide bonds. The number of hydrogen-bond acceptors (Lipinski definition) is 6. The van der Waals surface area contributed by atoms with Gasteiger partial charge in [-0.3, -0.25) is 4.79 Å². The molecule has 1 fully saturated rings. The number of aromatic amines is 1.